The van der Waals surface area contributed by atoms with Gasteiger partial charge in [-0.05, 0) is 48.4 Å². The Morgan fingerprint density at radius 3 is 2.38 bits per heavy atom. The molecule has 1 fully saturated rings. The van der Waals surface area contributed by atoms with Crippen molar-refractivity contribution in [3.63, 3.8) is 0 Å². The molecule has 1 aromatic carbocycles. The highest BCUT2D eigenvalue weighted by Gasteiger charge is 2.45. The van der Waals surface area contributed by atoms with Crippen LogP contribution in [0.5, 0.6) is 0 Å². The molecule has 8 heteroatoms. The third-order valence-electron chi connectivity index (χ3n) is 6.28. The van der Waals surface area contributed by atoms with E-state index in [9.17, 15) is 21.6 Å². The molecule has 166 valence electrons. The molecule has 1 heterocycles. The Morgan fingerprint density at radius 2 is 1.83 bits per heavy atom. The normalized spacial score (nSPS) is 24.0. The van der Waals surface area contributed by atoms with E-state index in [0.29, 0.717) is 11.5 Å². The van der Waals surface area contributed by atoms with Crippen molar-refractivity contribution in [2.45, 2.75) is 70.3 Å². The quantitative estimate of drug-likeness (QED) is 0.568. The summed E-state index contributed by atoms with van der Waals surface area (Å²) in [6, 6.07) is 7.27. The lowest BCUT2D eigenvalue weighted by atomic mass is 9.68. The summed E-state index contributed by atoms with van der Waals surface area (Å²) in [5.74, 6) is 0.456. The largest absolute Gasteiger partial charge is 0.511 e. The number of likely N-dealkylation sites (tertiary alicyclic amines) is 1. The number of hydrogen-bond donors (Lipinski definition) is 1. The van der Waals surface area contributed by atoms with E-state index in [4.69, 9.17) is 0 Å². The van der Waals surface area contributed by atoms with Crippen molar-refractivity contribution in [2.75, 3.05) is 19.6 Å². The molecular formula is C21H33F3N2O2S. The molecule has 0 aliphatic carbocycles. The number of piperidine rings is 1. The highest BCUT2D eigenvalue weighted by Crippen LogP contribution is 2.39. The Bertz CT molecular complexity index is 750. The van der Waals surface area contributed by atoms with Crippen molar-refractivity contribution < 1.29 is 21.6 Å². The average Bonchev–Trinajstić information content (AvgIpc) is 2.66. The van der Waals surface area contributed by atoms with Gasteiger partial charge in [0, 0.05) is 13.1 Å². The van der Waals surface area contributed by atoms with Crippen LogP contribution in [0.4, 0.5) is 13.2 Å². The Hall–Kier alpha value is -1.12. The molecule has 4 nitrogen and oxygen atoms in total. The lowest BCUT2D eigenvalue weighted by Gasteiger charge is -2.45. The van der Waals surface area contributed by atoms with Crippen molar-refractivity contribution >= 4 is 10.0 Å². The predicted molar refractivity (Wildman–Crippen MR) is 110 cm³/mol. The average molecular weight is 435 g/mol. The lowest BCUT2D eigenvalue weighted by Crippen LogP contribution is -2.47. The summed E-state index contributed by atoms with van der Waals surface area (Å²) in [6.45, 7) is 9.55. The molecule has 1 saturated heterocycles. The van der Waals surface area contributed by atoms with Crippen LogP contribution in [0.3, 0.4) is 0 Å². The zero-order chi connectivity index (χ0) is 21.7. The van der Waals surface area contributed by atoms with E-state index >= 15 is 0 Å². The first-order valence-electron chi connectivity index (χ1n) is 10.4. The van der Waals surface area contributed by atoms with Gasteiger partial charge in [-0.25, -0.2) is 13.1 Å². The van der Waals surface area contributed by atoms with E-state index in [1.165, 1.54) is 25.7 Å². The van der Waals surface area contributed by atoms with Crippen molar-refractivity contribution in [1.82, 2.24) is 9.62 Å². The van der Waals surface area contributed by atoms with E-state index in [-0.39, 0.29) is 12.0 Å². The van der Waals surface area contributed by atoms with E-state index in [2.05, 4.69) is 25.7 Å². The third kappa shape index (κ3) is 6.18. The molecule has 0 saturated carbocycles. The zero-order valence-electron chi connectivity index (χ0n) is 17.6. The molecule has 0 spiro atoms. The molecule has 0 aromatic heterocycles. The van der Waals surface area contributed by atoms with Gasteiger partial charge in [-0.3, -0.25) is 0 Å². The van der Waals surface area contributed by atoms with Crippen LogP contribution in [0.25, 0.3) is 0 Å². The maximum Gasteiger partial charge on any atom is 0.511 e. The van der Waals surface area contributed by atoms with Crippen LogP contribution in [0.2, 0.25) is 0 Å². The summed E-state index contributed by atoms with van der Waals surface area (Å²) in [7, 11) is -5.32. The molecule has 1 aliphatic heterocycles. The van der Waals surface area contributed by atoms with Crippen LogP contribution in [-0.2, 0) is 22.0 Å². The number of unbranched alkanes of at least 4 members (excludes halogenated alkanes) is 3. The molecule has 2 atom stereocenters. The van der Waals surface area contributed by atoms with Crippen LogP contribution in [0, 0.1) is 5.92 Å². The van der Waals surface area contributed by atoms with E-state index in [1.807, 2.05) is 12.1 Å². The minimum Gasteiger partial charge on any atom is -0.303 e. The van der Waals surface area contributed by atoms with Gasteiger partial charge in [-0.2, -0.15) is 13.2 Å². The van der Waals surface area contributed by atoms with Gasteiger partial charge in [0.05, 0.1) is 0 Å². The predicted octanol–water partition coefficient (Wildman–Crippen LogP) is 4.81. The fraction of sp³-hybridized carbons (Fsp3) is 0.714. The summed E-state index contributed by atoms with van der Waals surface area (Å²) in [6.07, 6.45) is 6.06. The van der Waals surface area contributed by atoms with Gasteiger partial charge in [-0.15, -0.1) is 0 Å². The molecule has 0 radical (unpaired) electrons. The molecule has 1 aliphatic rings. The number of nitrogens with one attached hydrogen (secondary N) is 1. The highest BCUT2D eigenvalue weighted by molar-refractivity contribution is 7.90. The second-order valence-electron chi connectivity index (χ2n) is 8.40. The lowest BCUT2D eigenvalue weighted by molar-refractivity contribution is -0.0448. The Balaban J connectivity index is 1.95. The Kier molecular flexibility index (Phi) is 8.15. The second kappa shape index (κ2) is 9.79. The number of halogens is 3. The molecule has 0 bridgehead atoms. The summed E-state index contributed by atoms with van der Waals surface area (Å²) >= 11 is 0. The standard InChI is InChI=1S/C21H33F3N2O2S/c1-4-5-6-7-13-26-14-12-20(3,17(2)16-26)19-10-8-18(9-11-19)15-25-29(27,28)21(22,23)24/h8-11,17,25H,4-7,12-16H2,1-3H3. The van der Waals surface area contributed by atoms with Gasteiger partial charge in [-0.1, -0.05) is 64.3 Å². The molecule has 2 unspecified atom stereocenters. The van der Waals surface area contributed by atoms with Gasteiger partial charge in [0.25, 0.3) is 0 Å². The molecule has 1 N–H and O–H groups in total. The van der Waals surface area contributed by atoms with Gasteiger partial charge in [0.15, 0.2) is 0 Å². The van der Waals surface area contributed by atoms with Crippen molar-refractivity contribution in [1.29, 1.82) is 0 Å². The third-order valence-corrected chi connectivity index (χ3v) is 7.41. The zero-order valence-corrected chi connectivity index (χ0v) is 18.4. The highest BCUT2D eigenvalue weighted by atomic mass is 32.2. The summed E-state index contributed by atoms with van der Waals surface area (Å²) in [5.41, 5.74) is -3.63. The van der Waals surface area contributed by atoms with Crippen LogP contribution in [-0.4, -0.2) is 38.5 Å². The summed E-state index contributed by atoms with van der Waals surface area (Å²) in [5, 5.41) is 0. The maximum atomic E-state index is 12.4. The number of benzene rings is 1. The SMILES string of the molecule is CCCCCCN1CCC(C)(c2ccc(CNS(=O)(=O)C(F)(F)F)cc2)C(C)C1. The minimum atomic E-state index is -5.32. The maximum absolute atomic E-state index is 12.4. The van der Waals surface area contributed by atoms with Gasteiger partial charge in [0.1, 0.15) is 0 Å². The van der Waals surface area contributed by atoms with Gasteiger partial charge < -0.3 is 4.90 Å². The minimum absolute atomic E-state index is 0.00389. The van der Waals surface area contributed by atoms with E-state index in [0.717, 1.165) is 31.6 Å². The summed E-state index contributed by atoms with van der Waals surface area (Å²) < 4.78 is 61.2. The first-order valence-corrected chi connectivity index (χ1v) is 11.9. The molecule has 29 heavy (non-hydrogen) atoms. The fourth-order valence-electron chi connectivity index (χ4n) is 3.97. The number of alkyl halides is 3. The number of hydrogen-bond acceptors (Lipinski definition) is 3. The van der Waals surface area contributed by atoms with Crippen molar-refractivity contribution in [3.8, 4) is 0 Å². The van der Waals surface area contributed by atoms with Gasteiger partial charge >= 0.3 is 15.5 Å². The topological polar surface area (TPSA) is 49.4 Å². The van der Waals surface area contributed by atoms with E-state index in [1.54, 1.807) is 16.9 Å². The fourth-order valence-corrected chi connectivity index (χ4v) is 4.49. The number of nitrogens with zero attached hydrogens (tertiary/aromatic N) is 1. The van der Waals surface area contributed by atoms with Crippen LogP contribution in [0.15, 0.2) is 24.3 Å². The first-order chi connectivity index (χ1) is 13.5. The second-order valence-corrected chi connectivity index (χ2v) is 10.2. The monoisotopic (exact) mass is 434 g/mol. The van der Waals surface area contributed by atoms with Crippen molar-refractivity contribution in [2.24, 2.45) is 5.92 Å². The number of rotatable bonds is 9. The smallest absolute Gasteiger partial charge is 0.303 e. The molecule has 0 amide bonds. The molecule has 2 rings (SSSR count). The Morgan fingerprint density at radius 1 is 1.17 bits per heavy atom. The molecule has 1 aromatic rings. The molecular weight excluding hydrogens is 401 g/mol. The number of sulfonamides is 1. The summed E-state index contributed by atoms with van der Waals surface area (Å²) in [4.78, 5) is 2.53. The Labute approximate surface area is 172 Å². The first kappa shape index (κ1) is 24.2. The van der Waals surface area contributed by atoms with Gasteiger partial charge in [0.2, 0.25) is 0 Å². The van der Waals surface area contributed by atoms with E-state index < -0.39 is 15.5 Å². The van der Waals surface area contributed by atoms with Crippen LogP contribution in [0.1, 0.15) is 64.0 Å². The van der Waals surface area contributed by atoms with Crippen LogP contribution >= 0.6 is 0 Å². The van der Waals surface area contributed by atoms with Crippen LogP contribution < -0.4 is 4.72 Å². The van der Waals surface area contributed by atoms with Crippen molar-refractivity contribution in [3.05, 3.63) is 35.4 Å².